The SMILES string of the molecule is CN1C(=O)CCOc2ccc(C(=O)N3CCC4(CC3)OCCO4)cc21. The van der Waals surface area contributed by atoms with Gasteiger partial charge in [0.1, 0.15) is 5.75 Å². The minimum atomic E-state index is -0.495. The Morgan fingerprint density at radius 3 is 2.56 bits per heavy atom. The zero-order chi connectivity index (χ0) is 17.4. The van der Waals surface area contributed by atoms with Crippen LogP contribution in [0.5, 0.6) is 5.75 Å². The second-order valence-electron chi connectivity index (χ2n) is 6.63. The first kappa shape index (κ1) is 16.4. The van der Waals surface area contributed by atoms with Gasteiger partial charge in [0.25, 0.3) is 5.91 Å². The Hall–Kier alpha value is -2.12. The normalized spacial score (nSPS) is 22.5. The van der Waals surface area contributed by atoms with Gasteiger partial charge in [-0.05, 0) is 18.2 Å². The fourth-order valence-electron chi connectivity index (χ4n) is 3.60. The molecule has 7 nitrogen and oxygen atoms in total. The van der Waals surface area contributed by atoms with E-state index in [2.05, 4.69) is 0 Å². The smallest absolute Gasteiger partial charge is 0.253 e. The fourth-order valence-corrected chi connectivity index (χ4v) is 3.60. The van der Waals surface area contributed by atoms with Crippen LogP contribution in [0.3, 0.4) is 0 Å². The monoisotopic (exact) mass is 346 g/mol. The van der Waals surface area contributed by atoms with Crippen LogP contribution in [0.25, 0.3) is 0 Å². The van der Waals surface area contributed by atoms with E-state index in [4.69, 9.17) is 14.2 Å². The van der Waals surface area contributed by atoms with Crippen LogP contribution in [0.15, 0.2) is 18.2 Å². The van der Waals surface area contributed by atoms with Gasteiger partial charge >= 0.3 is 0 Å². The highest BCUT2D eigenvalue weighted by Crippen LogP contribution is 2.34. The van der Waals surface area contributed by atoms with Gasteiger partial charge < -0.3 is 24.0 Å². The molecule has 3 aliphatic rings. The number of piperidine rings is 1. The number of hydrogen-bond acceptors (Lipinski definition) is 5. The molecule has 2 saturated heterocycles. The third-order valence-corrected chi connectivity index (χ3v) is 5.14. The summed E-state index contributed by atoms with van der Waals surface area (Å²) in [5.41, 5.74) is 1.21. The van der Waals surface area contributed by atoms with Crippen molar-refractivity contribution in [1.82, 2.24) is 4.90 Å². The molecule has 0 saturated carbocycles. The number of hydrogen-bond donors (Lipinski definition) is 0. The van der Waals surface area contributed by atoms with Gasteiger partial charge in [0.05, 0.1) is 31.9 Å². The Morgan fingerprint density at radius 1 is 1.12 bits per heavy atom. The summed E-state index contributed by atoms with van der Waals surface area (Å²) >= 11 is 0. The van der Waals surface area contributed by atoms with E-state index >= 15 is 0 Å². The van der Waals surface area contributed by atoms with E-state index < -0.39 is 5.79 Å². The largest absolute Gasteiger partial charge is 0.491 e. The van der Waals surface area contributed by atoms with Crippen molar-refractivity contribution in [3.63, 3.8) is 0 Å². The first-order chi connectivity index (χ1) is 12.1. The summed E-state index contributed by atoms with van der Waals surface area (Å²) in [5, 5.41) is 0. The van der Waals surface area contributed by atoms with Crippen molar-refractivity contribution in [2.24, 2.45) is 0 Å². The van der Waals surface area contributed by atoms with E-state index in [9.17, 15) is 9.59 Å². The zero-order valence-corrected chi connectivity index (χ0v) is 14.3. The Morgan fingerprint density at radius 2 is 1.84 bits per heavy atom. The van der Waals surface area contributed by atoms with Crippen molar-refractivity contribution >= 4 is 17.5 Å². The molecule has 1 aromatic carbocycles. The molecular weight excluding hydrogens is 324 g/mol. The topological polar surface area (TPSA) is 68.3 Å². The van der Waals surface area contributed by atoms with Crippen LogP contribution in [0.4, 0.5) is 5.69 Å². The fraction of sp³-hybridized carbons (Fsp3) is 0.556. The first-order valence-corrected chi connectivity index (χ1v) is 8.69. The number of likely N-dealkylation sites (tertiary alicyclic amines) is 1. The van der Waals surface area contributed by atoms with Gasteiger partial charge in [-0.2, -0.15) is 0 Å². The van der Waals surface area contributed by atoms with Crippen molar-refractivity contribution in [3.05, 3.63) is 23.8 Å². The van der Waals surface area contributed by atoms with Crippen LogP contribution in [-0.4, -0.2) is 62.5 Å². The lowest BCUT2D eigenvalue weighted by Crippen LogP contribution is -2.47. The van der Waals surface area contributed by atoms with Crippen LogP contribution in [0.1, 0.15) is 29.6 Å². The number of carbonyl (C=O) groups excluding carboxylic acids is 2. The second kappa shape index (κ2) is 6.31. The predicted molar refractivity (Wildman–Crippen MR) is 89.7 cm³/mol. The summed E-state index contributed by atoms with van der Waals surface area (Å²) in [4.78, 5) is 28.3. The van der Waals surface area contributed by atoms with Gasteiger partial charge in [0, 0.05) is 38.5 Å². The summed E-state index contributed by atoms with van der Waals surface area (Å²) in [6.07, 6.45) is 1.71. The third kappa shape index (κ3) is 2.98. The second-order valence-corrected chi connectivity index (χ2v) is 6.63. The third-order valence-electron chi connectivity index (χ3n) is 5.14. The average Bonchev–Trinajstić information content (AvgIpc) is 3.03. The van der Waals surface area contributed by atoms with Gasteiger partial charge in [0.2, 0.25) is 5.91 Å². The van der Waals surface area contributed by atoms with Crippen molar-refractivity contribution in [3.8, 4) is 5.75 Å². The maximum Gasteiger partial charge on any atom is 0.253 e. The van der Waals surface area contributed by atoms with E-state index in [-0.39, 0.29) is 11.8 Å². The number of ether oxygens (including phenoxy) is 3. The minimum absolute atomic E-state index is 0.0150. The highest BCUT2D eigenvalue weighted by atomic mass is 16.7. The number of carbonyl (C=O) groups is 2. The molecule has 1 aromatic rings. The number of nitrogens with zero attached hydrogens (tertiary/aromatic N) is 2. The molecule has 3 aliphatic heterocycles. The van der Waals surface area contributed by atoms with E-state index in [0.29, 0.717) is 69.2 Å². The molecule has 0 N–H and O–H groups in total. The molecule has 0 bridgehead atoms. The van der Waals surface area contributed by atoms with Gasteiger partial charge in [-0.3, -0.25) is 9.59 Å². The van der Waals surface area contributed by atoms with Crippen LogP contribution in [-0.2, 0) is 14.3 Å². The van der Waals surface area contributed by atoms with Gasteiger partial charge in [-0.15, -0.1) is 0 Å². The number of fused-ring (bicyclic) bond motifs is 1. The Labute approximate surface area is 146 Å². The van der Waals surface area contributed by atoms with Gasteiger partial charge in [0.15, 0.2) is 5.79 Å². The standard InChI is InChI=1S/C18H22N2O5/c1-19-14-12-13(2-3-15(14)23-9-4-16(19)21)17(22)20-7-5-18(6-8-20)24-10-11-25-18/h2-3,12H,4-11H2,1H3. The molecule has 0 aliphatic carbocycles. The number of benzene rings is 1. The van der Waals surface area contributed by atoms with E-state index in [1.54, 1.807) is 30.1 Å². The van der Waals surface area contributed by atoms with Crippen LogP contribution < -0.4 is 9.64 Å². The number of rotatable bonds is 1. The summed E-state index contributed by atoms with van der Waals surface area (Å²) in [6.45, 7) is 2.80. The molecular formula is C18H22N2O5. The Kier molecular flexibility index (Phi) is 4.13. The molecule has 1 spiro atoms. The van der Waals surface area contributed by atoms with Crippen molar-refractivity contribution in [2.45, 2.75) is 25.0 Å². The van der Waals surface area contributed by atoms with Crippen molar-refractivity contribution in [1.29, 1.82) is 0 Å². The van der Waals surface area contributed by atoms with Crippen LogP contribution >= 0.6 is 0 Å². The van der Waals surface area contributed by atoms with Crippen LogP contribution in [0.2, 0.25) is 0 Å². The summed E-state index contributed by atoms with van der Waals surface area (Å²) in [6, 6.07) is 5.28. The molecule has 0 aromatic heterocycles. The molecule has 7 heteroatoms. The molecule has 25 heavy (non-hydrogen) atoms. The van der Waals surface area contributed by atoms with Gasteiger partial charge in [-0.25, -0.2) is 0 Å². The quantitative estimate of drug-likeness (QED) is 0.769. The summed E-state index contributed by atoms with van der Waals surface area (Å²) in [5.74, 6) is 0.0835. The first-order valence-electron chi connectivity index (χ1n) is 8.69. The molecule has 0 radical (unpaired) electrons. The van der Waals surface area contributed by atoms with E-state index in [1.165, 1.54) is 0 Å². The average molecular weight is 346 g/mol. The zero-order valence-electron chi connectivity index (χ0n) is 14.3. The number of anilines is 1. The maximum atomic E-state index is 12.9. The number of amides is 2. The lowest BCUT2D eigenvalue weighted by Gasteiger charge is -2.37. The molecule has 2 amide bonds. The highest BCUT2D eigenvalue weighted by Gasteiger charge is 2.41. The lowest BCUT2D eigenvalue weighted by molar-refractivity contribution is -0.181. The molecule has 2 fully saturated rings. The van der Waals surface area contributed by atoms with Crippen LogP contribution in [0, 0.1) is 0 Å². The highest BCUT2D eigenvalue weighted by molar-refractivity contribution is 5.99. The summed E-state index contributed by atoms with van der Waals surface area (Å²) in [7, 11) is 1.71. The van der Waals surface area contributed by atoms with Gasteiger partial charge in [-0.1, -0.05) is 0 Å². The van der Waals surface area contributed by atoms with Crippen molar-refractivity contribution < 1.29 is 23.8 Å². The van der Waals surface area contributed by atoms with Crippen molar-refractivity contribution in [2.75, 3.05) is 44.9 Å². The lowest BCUT2D eigenvalue weighted by atomic mass is 10.0. The van der Waals surface area contributed by atoms with E-state index in [1.807, 2.05) is 4.90 Å². The molecule has 0 unspecified atom stereocenters. The molecule has 0 atom stereocenters. The molecule has 134 valence electrons. The van der Waals surface area contributed by atoms with E-state index in [0.717, 1.165) is 0 Å². The maximum absolute atomic E-state index is 12.9. The molecule has 3 heterocycles. The minimum Gasteiger partial charge on any atom is -0.491 e. The summed E-state index contributed by atoms with van der Waals surface area (Å²) < 4.78 is 17.0. The molecule has 4 rings (SSSR count). The Bertz CT molecular complexity index is 689. The Balaban J connectivity index is 1.51. The predicted octanol–water partition coefficient (Wildman–Crippen LogP) is 1.41.